The van der Waals surface area contributed by atoms with Gasteiger partial charge >= 0.3 is 0 Å². The number of hydrogen-bond acceptors (Lipinski definition) is 3. The Morgan fingerprint density at radius 1 is 1.18 bits per heavy atom. The molecule has 0 saturated heterocycles. The van der Waals surface area contributed by atoms with E-state index >= 15 is 0 Å². The summed E-state index contributed by atoms with van der Waals surface area (Å²) in [4.78, 5) is 7.30. The van der Waals surface area contributed by atoms with E-state index in [2.05, 4.69) is 15.1 Å². The van der Waals surface area contributed by atoms with Crippen molar-refractivity contribution in [1.82, 2.24) is 15.1 Å². The van der Waals surface area contributed by atoms with E-state index in [1.54, 1.807) is 18.3 Å². The van der Waals surface area contributed by atoms with Gasteiger partial charge in [0, 0.05) is 16.8 Å². The lowest BCUT2D eigenvalue weighted by atomic mass is 10.2. The minimum Gasteiger partial charge on any atom is -0.357 e. The van der Waals surface area contributed by atoms with Crippen molar-refractivity contribution in [2.45, 2.75) is 0 Å². The Bertz CT molecular complexity index is 631. The lowest BCUT2D eigenvalue weighted by Gasteiger charge is -1.93. The molecule has 3 aromatic rings. The molecule has 0 atom stereocenters. The largest absolute Gasteiger partial charge is 0.357 e. The molecule has 0 unspecified atom stereocenters. The molecule has 0 amide bonds. The van der Waals surface area contributed by atoms with Crippen LogP contribution in [0.1, 0.15) is 0 Å². The van der Waals surface area contributed by atoms with Gasteiger partial charge in [0.05, 0.1) is 0 Å². The fraction of sp³-hybridized carbons (Fsp3) is 0. The van der Waals surface area contributed by atoms with Gasteiger partial charge < -0.3 is 9.51 Å². The maximum Gasteiger partial charge on any atom is 0.274 e. The average molecular weight is 246 g/mol. The van der Waals surface area contributed by atoms with E-state index in [9.17, 15) is 0 Å². The van der Waals surface area contributed by atoms with E-state index < -0.39 is 0 Å². The molecule has 3 rings (SSSR count). The van der Waals surface area contributed by atoms with Gasteiger partial charge in [0.15, 0.2) is 0 Å². The molecule has 0 saturated carbocycles. The fourth-order valence-electron chi connectivity index (χ4n) is 1.54. The lowest BCUT2D eigenvalue weighted by molar-refractivity contribution is 0.431. The molecule has 0 aliphatic carbocycles. The normalized spacial score (nSPS) is 10.6. The third kappa shape index (κ3) is 1.94. The monoisotopic (exact) mass is 245 g/mol. The number of aromatic nitrogens is 3. The highest BCUT2D eigenvalue weighted by molar-refractivity contribution is 6.30. The van der Waals surface area contributed by atoms with Gasteiger partial charge in [0.25, 0.3) is 5.89 Å². The fourth-order valence-corrected chi connectivity index (χ4v) is 1.73. The van der Waals surface area contributed by atoms with Crippen LogP contribution >= 0.6 is 11.6 Å². The third-order valence-electron chi connectivity index (χ3n) is 2.34. The zero-order valence-electron chi connectivity index (χ0n) is 8.72. The molecule has 0 aliphatic heterocycles. The molecule has 0 fully saturated rings. The number of benzene rings is 1. The van der Waals surface area contributed by atoms with Crippen LogP contribution in [0.3, 0.4) is 0 Å². The summed E-state index contributed by atoms with van der Waals surface area (Å²) in [5.41, 5.74) is 1.63. The van der Waals surface area contributed by atoms with Crippen LogP contribution in [-0.4, -0.2) is 15.1 Å². The van der Waals surface area contributed by atoms with Crippen LogP contribution in [0.15, 0.2) is 47.1 Å². The first-order chi connectivity index (χ1) is 8.33. The quantitative estimate of drug-likeness (QED) is 0.753. The second kappa shape index (κ2) is 4.07. The van der Waals surface area contributed by atoms with Gasteiger partial charge in [0.2, 0.25) is 5.82 Å². The summed E-state index contributed by atoms with van der Waals surface area (Å²) >= 11 is 5.91. The van der Waals surface area contributed by atoms with Gasteiger partial charge in [-0.15, -0.1) is 0 Å². The van der Waals surface area contributed by atoms with Crippen LogP contribution in [-0.2, 0) is 0 Å². The van der Waals surface area contributed by atoms with Crippen molar-refractivity contribution in [2.75, 3.05) is 0 Å². The minimum atomic E-state index is 0.463. The van der Waals surface area contributed by atoms with E-state index in [0.29, 0.717) is 16.7 Å². The minimum absolute atomic E-state index is 0.463. The number of halogens is 1. The molecule has 0 spiro atoms. The number of rotatable bonds is 2. The highest BCUT2D eigenvalue weighted by atomic mass is 35.5. The summed E-state index contributed by atoms with van der Waals surface area (Å²) in [5, 5.41) is 4.57. The maximum absolute atomic E-state index is 5.91. The zero-order valence-corrected chi connectivity index (χ0v) is 9.48. The molecule has 5 heteroatoms. The lowest BCUT2D eigenvalue weighted by Crippen LogP contribution is -1.81. The van der Waals surface area contributed by atoms with Crippen LogP contribution < -0.4 is 0 Å². The van der Waals surface area contributed by atoms with Crippen LogP contribution in [0.4, 0.5) is 0 Å². The van der Waals surface area contributed by atoms with Crippen molar-refractivity contribution in [2.24, 2.45) is 0 Å². The van der Waals surface area contributed by atoms with Gasteiger partial charge in [-0.1, -0.05) is 28.9 Å². The Balaban J connectivity index is 2.01. The molecule has 2 aromatic heterocycles. The smallest absolute Gasteiger partial charge is 0.274 e. The molecule has 2 heterocycles. The molecule has 0 bridgehead atoms. The van der Waals surface area contributed by atoms with Crippen molar-refractivity contribution in [3.8, 4) is 23.0 Å². The molecule has 1 N–H and O–H groups in total. The molecule has 1 aromatic carbocycles. The Kier molecular flexibility index (Phi) is 2.42. The molecule has 17 heavy (non-hydrogen) atoms. The Morgan fingerprint density at radius 3 is 2.88 bits per heavy atom. The van der Waals surface area contributed by atoms with E-state index in [1.165, 1.54) is 0 Å². The SMILES string of the molecule is Clc1cccc(-c2noc(-c3ccc[nH]3)n2)c1. The van der Waals surface area contributed by atoms with Gasteiger partial charge in [-0.05, 0) is 24.3 Å². The van der Waals surface area contributed by atoms with E-state index in [1.807, 2.05) is 24.3 Å². The van der Waals surface area contributed by atoms with Gasteiger partial charge in [-0.2, -0.15) is 4.98 Å². The maximum atomic E-state index is 5.91. The molecule has 4 nitrogen and oxygen atoms in total. The Morgan fingerprint density at radius 2 is 2.12 bits per heavy atom. The van der Waals surface area contributed by atoms with Crippen molar-refractivity contribution in [3.05, 3.63) is 47.6 Å². The summed E-state index contributed by atoms with van der Waals surface area (Å²) in [6, 6.07) is 11.1. The zero-order chi connectivity index (χ0) is 11.7. The molecular formula is C12H8ClN3O. The predicted octanol–water partition coefficient (Wildman–Crippen LogP) is 3.39. The summed E-state index contributed by atoms with van der Waals surface area (Å²) in [5.74, 6) is 0.988. The summed E-state index contributed by atoms with van der Waals surface area (Å²) in [7, 11) is 0. The first kappa shape index (κ1) is 10.1. The van der Waals surface area contributed by atoms with Crippen molar-refractivity contribution in [1.29, 1.82) is 0 Å². The van der Waals surface area contributed by atoms with E-state index in [-0.39, 0.29) is 0 Å². The first-order valence-corrected chi connectivity index (χ1v) is 5.44. The third-order valence-corrected chi connectivity index (χ3v) is 2.57. The second-order valence-electron chi connectivity index (χ2n) is 3.52. The van der Waals surface area contributed by atoms with Crippen LogP contribution in [0.2, 0.25) is 5.02 Å². The average Bonchev–Trinajstić information content (AvgIpc) is 3.00. The number of hydrogen-bond donors (Lipinski definition) is 1. The number of nitrogens with zero attached hydrogens (tertiary/aromatic N) is 2. The molecule has 0 aliphatic rings. The van der Waals surface area contributed by atoms with Crippen LogP contribution in [0.5, 0.6) is 0 Å². The number of H-pyrrole nitrogens is 1. The van der Waals surface area contributed by atoms with Crippen molar-refractivity contribution in [3.63, 3.8) is 0 Å². The van der Waals surface area contributed by atoms with Crippen molar-refractivity contribution >= 4 is 11.6 Å². The predicted molar refractivity (Wildman–Crippen MR) is 64.5 cm³/mol. The van der Waals surface area contributed by atoms with Gasteiger partial charge in [0.1, 0.15) is 5.69 Å². The van der Waals surface area contributed by atoms with Crippen LogP contribution in [0, 0.1) is 0 Å². The Labute approximate surface area is 102 Å². The topological polar surface area (TPSA) is 54.7 Å². The van der Waals surface area contributed by atoms with Crippen molar-refractivity contribution < 1.29 is 4.52 Å². The molecule has 84 valence electrons. The highest BCUT2D eigenvalue weighted by Crippen LogP contribution is 2.22. The van der Waals surface area contributed by atoms with Gasteiger partial charge in [-0.3, -0.25) is 0 Å². The van der Waals surface area contributed by atoms with Gasteiger partial charge in [-0.25, -0.2) is 0 Å². The highest BCUT2D eigenvalue weighted by Gasteiger charge is 2.10. The molecular weight excluding hydrogens is 238 g/mol. The number of nitrogens with one attached hydrogen (secondary N) is 1. The molecule has 0 radical (unpaired) electrons. The summed E-state index contributed by atoms with van der Waals surface area (Å²) in [6.45, 7) is 0. The van der Waals surface area contributed by atoms with Crippen LogP contribution in [0.25, 0.3) is 23.0 Å². The number of aromatic amines is 1. The first-order valence-electron chi connectivity index (χ1n) is 5.06. The second-order valence-corrected chi connectivity index (χ2v) is 3.95. The standard InChI is InChI=1S/C12H8ClN3O/c13-9-4-1-3-8(7-9)11-15-12(17-16-11)10-5-2-6-14-10/h1-7,14H. The Hall–Kier alpha value is -2.07. The van der Waals surface area contributed by atoms with E-state index in [4.69, 9.17) is 16.1 Å². The summed E-state index contributed by atoms with van der Waals surface area (Å²) < 4.78 is 5.17. The summed E-state index contributed by atoms with van der Waals surface area (Å²) in [6.07, 6.45) is 1.80. The van der Waals surface area contributed by atoms with E-state index in [0.717, 1.165) is 11.3 Å².